The Labute approximate surface area is 175 Å². The van der Waals surface area contributed by atoms with E-state index in [0.717, 1.165) is 5.56 Å². The number of hydrogen-bond acceptors (Lipinski definition) is 3. The molecule has 0 aliphatic rings. The Kier molecular flexibility index (Phi) is 6.23. The molecule has 0 aliphatic carbocycles. The Morgan fingerprint density at radius 2 is 1.79 bits per heavy atom. The first kappa shape index (κ1) is 20.9. The molecule has 1 N–H and O–H groups in total. The number of Topliss-reactive ketones (excluding diaryl/α,β-unsaturated/α-hetero) is 1. The molecule has 0 fully saturated rings. The number of thiocarbonyl (C=S) groups is 1. The van der Waals surface area contributed by atoms with Crippen LogP contribution in [-0.4, -0.2) is 10.8 Å². The maximum atomic E-state index is 13.3. The lowest BCUT2D eigenvalue weighted by Crippen LogP contribution is -2.51. The van der Waals surface area contributed by atoms with Crippen LogP contribution in [0.3, 0.4) is 0 Å². The maximum Gasteiger partial charge on any atom is 0.270 e. The van der Waals surface area contributed by atoms with Crippen molar-refractivity contribution in [2.75, 3.05) is 0 Å². The number of halogens is 1. The molecule has 0 unspecified atom stereocenters. The third-order valence-corrected chi connectivity index (χ3v) is 5.03. The van der Waals surface area contributed by atoms with Gasteiger partial charge in [-0.15, -0.1) is 0 Å². The van der Waals surface area contributed by atoms with E-state index in [1.54, 1.807) is 16.9 Å². The average molecular weight is 412 g/mol. The summed E-state index contributed by atoms with van der Waals surface area (Å²) in [6, 6.07) is 12.3. The SMILES string of the molecule is CC(C)(C)c1cc[n+]([C@@H](C(=O)c2ccc(F)cc2)C(=S)NCc2ccco2)cc1. The van der Waals surface area contributed by atoms with E-state index in [-0.39, 0.29) is 17.0 Å². The van der Waals surface area contributed by atoms with Crippen LogP contribution < -0.4 is 9.88 Å². The minimum atomic E-state index is -0.751. The summed E-state index contributed by atoms with van der Waals surface area (Å²) in [5.74, 6) is 0.114. The fourth-order valence-corrected chi connectivity index (χ4v) is 3.26. The maximum absolute atomic E-state index is 13.3. The predicted octanol–water partition coefficient (Wildman–Crippen LogP) is 4.54. The second-order valence-corrected chi connectivity index (χ2v) is 8.29. The number of ketones is 1. The molecule has 3 aromatic rings. The summed E-state index contributed by atoms with van der Waals surface area (Å²) in [6.07, 6.45) is 5.29. The number of hydrogen-bond donors (Lipinski definition) is 1. The van der Waals surface area contributed by atoms with Crippen molar-refractivity contribution in [3.05, 3.63) is 89.9 Å². The minimum Gasteiger partial charge on any atom is -0.467 e. The van der Waals surface area contributed by atoms with E-state index in [2.05, 4.69) is 26.1 Å². The number of benzene rings is 1. The summed E-state index contributed by atoms with van der Waals surface area (Å²) in [7, 11) is 0. The zero-order chi connectivity index (χ0) is 21.0. The first-order valence-electron chi connectivity index (χ1n) is 9.37. The van der Waals surface area contributed by atoms with Crippen molar-refractivity contribution in [2.45, 2.75) is 38.8 Å². The zero-order valence-corrected chi connectivity index (χ0v) is 17.5. The van der Waals surface area contributed by atoms with Crippen LogP contribution in [0.4, 0.5) is 4.39 Å². The lowest BCUT2D eigenvalue weighted by Gasteiger charge is -2.19. The Morgan fingerprint density at radius 1 is 1.14 bits per heavy atom. The molecule has 3 rings (SSSR count). The third-order valence-electron chi connectivity index (χ3n) is 4.66. The monoisotopic (exact) mass is 411 g/mol. The van der Waals surface area contributed by atoms with E-state index in [1.807, 2.05) is 30.6 Å². The van der Waals surface area contributed by atoms with Crippen LogP contribution in [0.1, 0.15) is 48.5 Å². The molecule has 0 amide bonds. The highest BCUT2D eigenvalue weighted by atomic mass is 32.1. The highest BCUT2D eigenvalue weighted by Crippen LogP contribution is 2.21. The average Bonchev–Trinajstić information content (AvgIpc) is 3.20. The molecule has 2 aromatic heterocycles. The molecule has 29 heavy (non-hydrogen) atoms. The molecule has 0 spiro atoms. The lowest BCUT2D eigenvalue weighted by molar-refractivity contribution is -0.692. The first-order valence-corrected chi connectivity index (χ1v) is 9.78. The number of pyridine rings is 1. The molecule has 0 saturated carbocycles. The van der Waals surface area contributed by atoms with E-state index in [1.165, 1.54) is 24.3 Å². The summed E-state index contributed by atoms with van der Waals surface area (Å²) in [5, 5.41) is 3.11. The van der Waals surface area contributed by atoms with Crippen LogP contribution in [0.2, 0.25) is 0 Å². The zero-order valence-electron chi connectivity index (χ0n) is 16.7. The number of nitrogens with zero attached hydrogens (tertiary/aromatic N) is 1. The molecule has 0 aliphatic heterocycles. The van der Waals surface area contributed by atoms with Gasteiger partial charge in [-0.1, -0.05) is 33.0 Å². The van der Waals surface area contributed by atoms with Crippen LogP contribution in [-0.2, 0) is 12.0 Å². The summed E-state index contributed by atoms with van der Waals surface area (Å²) < 4.78 is 20.4. The Morgan fingerprint density at radius 3 is 2.34 bits per heavy atom. The van der Waals surface area contributed by atoms with E-state index in [9.17, 15) is 9.18 Å². The molecule has 4 nitrogen and oxygen atoms in total. The molecule has 150 valence electrons. The summed E-state index contributed by atoms with van der Waals surface area (Å²) in [4.78, 5) is 13.6. The van der Waals surface area contributed by atoms with E-state index in [0.29, 0.717) is 22.9 Å². The number of rotatable bonds is 6. The van der Waals surface area contributed by atoms with Crippen molar-refractivity contribution in [1.29, 1.82) is 0 Å². The minimum absolute atomic E-state index is 0.00635. The smallest absolute Gasteiger partial charge is 0.270 e. The van der Waals surface area contributed by atoms with Gasteiger partial charge >= 0.3 is 0 Å². The first-order chi connectivity index (χ1) is 13.8. The molecule has 6 heteroatoms. The topological polar surface area (TPSA) is 46.1 Å². The molecule has 0 saturated heterocycles. The fraction of sp³-hybridized carbons (Fsp3) is 0.261. The van der Waals surface area contributed by atoms with Gasteiger partial charge in [0.15, 0.2) is 17.4 Å². The predicted molar refractivity (Wildman–Crippen MR) is 113 cm³/mol. The molecule has 0 bridgehead atoms. The van der Waals surface area contributed by atoms with Crippen LogP contribution >= 0.6 is 12.2 Å². The fourth-order valence-electron chi connectivity index (χ4n) is 2.96. The number of nitrogens with one attached hydrogen (secondary N) is 1. The Bertz CT molecular complexity index is 975. The quantitative estimate of drug-likeness (QED) is 0.367. The molecule has 2 heterocycles. The van der Waals surface area contributed by atoms with Gasteiger partial charge in [0.05, 0.1) is 12.8 Å². The van der Waals surface area contributed by atoms with Crippen molar-refractivity contribution in [3.8, 4) is 0 Å². The van der Waals surface area contributed by atoms with Gasteiger partial charge in [-0.05, 0) is 47.4 Å². The van der Waals surface area contributed by atoms with Gasteiger partial charge in [0.2, 0.25) is 5.78 Å². The van der Waals surface area contributed by atoms with Crippen molar-refractivity contribution >= 4 is 23.0 Å². The summed E-state index contributed by atoms with van der Waals surface area (Å²) >= 11 is 5.57. The Hall–Kier alpha value is -2.86. The highest BCUT2D eigenvalue weighted by Gasteiger charge is 2.33. The number of carbonyl (C=O) groups excluding carboxylic acids is 1. The summed E-state index contributed by atoms with van der Waals surface area (Å²) in [6.45, 7) is 6.76. The Balaban J connectivity index is 1.90. The largest absolute Gasteiger partial charge is 0.467 e. The van der Waals surface area contributed by atoms with Crippen molar-refractivity contribution in [2.24, 2.45) is 0 Å². The van der Waals surface area contributed by atoms with Gasteiger partial charge in [-0.3, -0.25) is 4.79 Å². The van der Waals surface area contributed by atoms with Crippen molar-refractivity contribution < 1.29 is 18.2 Å². The molecule has 1 aromatic carbocycles. The second kappa shape index (κ2) is 8.66. The van der Waals surface area contributed by atoms with Crippen LogP contribution in [0.25, 0.3) is 0 Å². The van der Waals surface area contributed by atoms with Gasteiger partial charge < -0.3 is 9.73 Å². The standard InChI is InChI=1S/C23H23FN2O2S/c1-23(2,3)17-10-12-26(13-11-17)20(21(27)16-6-8-18(24)9-7-16)22(29)25-15-19-5-4-14-28-19/h4-14,20H,15H2,1-3H3/p+1/t20-/m0/s1. The third kappa shape index (κ3) is 5.15. The number of aromatic nitrogens is 1. The van der Waals surface area contributed by atoms with Gasteiger partial charge in [-0.25, -0.2) is 4.39 Å². The second-order valence-electron chi connectivity index (χ2n) is 7.85. The van der Waals surface area contributed by atoms with Gasteiger partial charge in [-0.2, -0.15) is 4.57 Å². The molecular weight excluding hydrogens is 387 g/mol. The molecule has 0 radical (unpaired) electrons. The van der Waals surface area contributed by atoms with Crippen LogP contribution in [0.15, 0.2) is 71.6 Å². The van der Waals surface area contributed by atoms with E-state index < -0.39 is 6.04 Å². The lowest BCUT2D eigenvalue weighted by atomic mass is 9.88. The van der Waals surface area contributed by atoms with Crippen LogP contribution in [0.5, 0.6) is 0 Å². The number of furan rings is 1. The number of carbonyl (C=O) groups is 1. The van der Waals surface area contributed by atoms with E-state index in [4.69, 9.17) is 16.6 Å². The van der Waals surface area contributed by atoms with Gasteiger partial charge in [0.1, 0.15) is 11.6 Å². The molecule has 1 atom stereocenters. The van der Waals surface area contributed by atoms with Gasteiger partial charge in [0.25, 0.3) is 6.04 Å². The highest BCUT2D eigenvalue weighted by molar-refractivity contribution is 7.80. The van der Waals surface area contributed by atoms with Crippen LogP contribution in [0, 0.1) is 5.82 Å². The van der Waals surface area contributed by atoms with Gasteiger partial charge in [0, 0.05) is 17.7 Å². The van der Waals surface area contributed by atoms with Crippen molar-refractivity contribution in [1.82, 2.24) is 5.32 Å². The van der Waals surface area contributed by atoms with Crippen molar-refractivity contribution in [3.63, 3.8) is 0 Å². The van der Waals surface area contributed by atoms with E-state index >= 15 is 0 Å². The normalized spacial score (nSPS) is 12.4. The summed E-state index contributed by atoms with van der Waals surface area (Å²) in [5.41, 5.74) is 1.54. The molecular formula is C23H24FN2O2S+.